The van der Waals surface area contributed by atoms with Crippen molar-refractivity contribution >= 4 is 24.1 Å². The first-order chi connectivity index (χ1) is 14.3. The summed E-state index contributed by atoms with van der Waals surface area (Å²) in [4.78, 5) is 45.2. The van der Waals surface area contributed by atoms with Crippen LogP contribution in [-0.4, -0.2) is 45.5 Å². The average Bonchev–Trinajstić information content (AvgIpc) is 2.71. The topological polar surface area (TPSA) is 150 Å². The molecule has 158 valence electrons. The predicted molar refractivity (Wildman–Crippen MR) is 105 cm³/mol. The number of hydrogen-bond donors (Lipinski definition) is 4. The zero-order chi connectivity index (χ0) is 22.1. The second kappa shape index (κ2) is 10.6. The third-order valence-electron chi connectivity index (χ3n) is 4.26. The number of ether oxygens (including phenoxy) is 1. The Balaban J connectivity index is 1.96. The molecular formula is C21H21NO8. The lowest BCUT2D eigenvalue weighted by molar-refractivity contribution is -0.140. The third-order valence-corrected chi connectivity index (χ3v) is 4.26. The van der Waals surface area contributed by atoms with Crippen molar-refractivity contribution in [2.75, 3.05) is 0 Å². The standard InChI is InChI=1S/C21H21NO8/c23-11-15-17(24)4-2-5-18(15)30-12-13-7-9-14(10-8-13)20(27)22-16(21(28)29)3-1-6-19(25)26/h2,4-5,7-11,16,24H,1,3,6,12H2,(H,22,27)(H,25,26)(H,28,29)/t16-/m0/s1. The van der Waals surface area contributed by atoms with Crippen molar-refractivity contribution in [2.24, 2.45) is 0 Å². The van der Waals surface area contributed by atoms with E-state index in [4.69, 9.17) is 9.84 Å². The maximum atomic E-state index is 12.3. The first kappa shape index (κ1) is 22.4. The number of carbonyl (C=O) groups excluding carboxylic acids is 2. The van der Waals surface area contributed by atoms with Gasteiger partial charge in [0.1, 0.15) is 24.1 Å². The summed E-state index contributed by atoms with van der Waals surface area (Å²) in [7, 11) is 0. The van der Waals surface area contributed by atoms with Crippen LogP contribution in [0.4, 0.5) is 0 Å². The molecule has 0 heterocycles. The van der Waals surface area contributed by atoms with Crippen LogP contribution < -0.4 is 10.1 Å². The van der Waals surface area contributed by atoms with E-state index in [1.54, 1.807) is 24.3 Å². The van der Waals surface area contributed by atoms with Gasteiger partial charge in [-0.1, -0.05) is 18.2 Å². The van der Waals surface area contributed by atoms with Gasteiger partial charge in [-0.05, 0) is 42.7 Å². The number of phenols is 1. The summed E-state index contributed by atoms with van der Waals surface area (Å²) < 4.78 is 5.54. The van der Waals surface area contributed by atoms with Crippen molar-refractivity contribution in [3.8, 4) is 11.5 Å². The summed E-state index contributed by atoms with van der Waals surface area (Å²) in [5.41, 5.74) is 0.952. The lowest BCUT2D eigenvalue weighted by Crippen LogP contribution is -2.40. The van der Waals surface area contributed by atoms with Crippen molar-refractivity contribution in [3.63, 3.8) is 0 Å². The van der Waals surface area contributed by atoms with E-state index in [1.165, 1.54) is 18.2 Å². The Morgan fingerprint density at radius 1 is 1.07 bits per heavy atom. The van der Waals surface area contributed by atoms with Crippen LogP contribution in [0.2, 0.25) is 0 Å². The second-order valence-electron chi connectivity index (χ2n) is 6.44. The maximum Gasteiger partial charge on any atom is 0.326 e. The number of amides is 1. The molecule has 2 aromatic rings. The quantitative estimate of drug-likeness (QED) is 0.408. The van der Waals surface area contributed by atoms with Crippen molar-refractivity contribution in [3.05, 3.63) is 59.2 Å². The third kappa shape index (κ3) is 6.33. The molecule has 2 aromatic carbocycles. The first-order valence-corrected chi connectivity index (χ1v) is 9.06. The van der Waals surface area contributed by atoms with Crippen LogP contribution in [0.3, 0.4) is 0 Å². The lowest BCUT2D eigenvalue weighted by atomic mass is 10.1. The average molecular weight is 415 g/mol. The summed E-state index contributed by atoms with van der Waals surface area (Å²) in [5, 5.41) is 29.9. The fraction of sp³-hybridized carbons (Fsp3) is 0.238. The zero-order valence-electron chi connectivity index (χ0n) is 15.9. The molecule has 0 unspecified atom stereocenters. The SMILES string of the molecule is O=Cc1c(O)cccc1OCc1ccc(C(=O)N[C@@H](CCCC(=O)O)C(=O)O)cc1. The van der Waals surface area contributed by atoms with Gasteiger partial charge in [0.15, 0.2) is 6.29 Å². The number of benzene rings is 2. The van der Waals surface area contributed by atoms with Gasteiger partial charge in [0.2, 0.25) is 0 Å². The minimum atomic E-state index is -1.24. The Kier molecular flexibility index (Phi) is 7.92. The summed E-state index contributed by atoms with van der Waals surface area (Å²) in [5.74, 6) is -2.84. The molecule has 0 saturated carbocycles. The normalized spacial score (nSPS) is 11.3. The lowest BCUT2D eigenvalue weighted by Gasteiger charge is -2.14. The molecule has 0 aromatic heterocycles. The molecular weight excluding hydrogens is 394 g/mol. The molecule has 0 aliphatic rings. The number of carboxylic acid groups (broad SMARTS) is 2. The molecule has 0 aliphatic heterocycles. The Hall–Kier alpha value is -3.88. The number of aldehydes is 1. The Bertz CT molecular complexity index is 923. The number of nitrogens with one attached hydrogen (secondary N) is 1. The molecule has 4 N–H and O–H groups in total. The number of aliphatic carboxylic acids is 2. The minimum absolute atomic E-state index is 0.00227. The van der Waals surface area contributed by atoms with E-state index in [-0.39, 0.29) is 48.5 Å². The largest absolute Gasteiger partial charge is 0.507 e. The summed E-state index contributed by atoms with van der Waals surface area (Å²) in [6.45, 7) is 0.0825. The molecule has 30 heavy (non-hydrogen) atoms. The molecule has 1 amide bonds. The Morgan fingerprint density at radius 2 is 1.77 bits per heavy atom. The maximum absolute atomic E-state index is 12.3. The summed E-state index contributed by atoms with van der Waals surface area (Å²) in [6, 6.07) is 9.47. The summed E-state index contributed by atoms with van der Waals surface area (Å²) >= 11 is 0. The number of aromatic hydroxyl groups is 1. The van der Waals surface area contributed by atoms with Gasteiger partial charge in [0.25, 0.3) is 5.91 Å². The van der Waals surface area contributed by atoms with Gasteiger partial charge in [-0.3, -0.25) is 14.4 Å². The van der Waals surface area contributed by atoms with Crippen molar-refractivity contribution in [1.29, 1.82) is 0 Å². The predicted octanol–water partition coefficient (Wildman–Crippen LogP) is 2.22. The number of hydrogen-bond acceptors (Lipinski definition) is 6. The molecule has 0 aliphatic carbocycles. The van der Waals surface area contributed by atoms with E-state index < -0.39 is 23.9 Å². The van der Waals surface area contributed by atoms with Crippen LogP contribution in [0.1, 0.15) is 45.5 Å². The Morgan fingerprint density at radius 3 is 2.37 bits per heavy atom. The molecule has 1 atom stereocenters. The Labute approximate surface area is 171 Å². The first-order valence-electron chi connectivity index (χ1n) is 9.06. The van der Waals surface area contributed by atoms with Crippen LogP contribution in [0.15, 0.2) is 42.5 Å². The molecule has 0 saturated heterocycles. The van der Waals surface area contributed by atoms with Crippen molar-refractivity contribution < 1.29 is 39.2 Å². The molecule has 0 spiro atoms. The van der Waals surface area contributed by atoms with Gasteiger partial charge in [0.05, 0.1) is 5.56 Å². The highest BCUT2D eigenvalue weighted by atomic mass is 16.5. The number of phenolic OH excluding ortho intramolecular Hbond substituents is 1. The van der Waals surface area contributed by atoms with Crippen LogP contribution in [0.5, 0.6) is 11.5 Å². The molecule has 9 heteroatoms. The highest BCUT2D eigenvalue weighted by Crippen LogP contribution is 2.26. The van der Waals surface area contributed by atoms with E-state index in [0.29, 0.717) is 11.8 Å². The fourth-order valence-corrected chi connectivity index (χ4v) is 2.65. The van der Waals surface area contributed by atoms with Gasteiger partial charge in [0, 0.05) is 12.0 Å². The minimum Gasteiger partial charge on any atom is -0.507 e. The van der Waals surface area contributed by atoms with Crippen LogP contribution >= 0.6 is 0 Å². The van der Waals surface area contributed by atoms with E-state index in [1.807, 2.05) is 0 Å². The van der Waals surface area contributed by atoms with Gasteiger partial charge in [-0.2, -0.15) is 0 Å². The number of carbonyl (C=O) groups is 4. The number of carboxylic acids is 2. The second-order valence-corrected chi connectivity index (χ2v) is 6.44. The monoisotopic (exact) mass is 415 g/mol. The highest BCUT2D eigenvalue weighted by molar-refractivity contribution is 5.96. The van der Waals surface area contributed by atoms with Crippen LogP contribution in [0, 0.1) is 0 Å². The fourth-order valence-electron chi connectivity index (χ4n) is 2.65. The van der Waals surface area contributed by atoms with Crippen LogP contribution in [0.25, 0.3) is 0 Å². The highest BCUT2D eigenvalue weighted by Gasteiger charge is 2.20. The molecule has 0 radical (unpaired) electrons. The molecule has 9 nitrogen and oxygen atoms in total. The smallest absolute Gasteiger partial charge is 0.326 e. The molecule has 0 bridgehead atoms. The van der Waals surface area contributed by atoms with E-state index >= 15 is 0 Å². The van der Waals surface area contributed by atoms with Crippen LogP contribution in [-0.2, 0) is 16.2 Å². The van der Waals surface area contributed by atoms with Crippen molar-refractivity contribution in [2.45, 2.75) is 31.9 Å². The van der Waals surface area contributed by atoms with Gasteiger partial charge >= 0.3 is 11.9 Å². The van der Waals surface area contributed by atoms with Gasteiger partial charge in [-0.25, -0.2) is 4.79 Å². The van der Waals surface area contributed by atoms with E-state index in [9.17, 15) is 29.4 Å². The molecule has 2 rings (SSSR count). The van der Waals surface area contributed by atoms with Gasteiger partial charge < -0.3 is 25.4 Å². The van der Waals surface area contributed by atoms with E-state index in [2.05, 4.69) is 5.32 Å². The molecule has 0 fully saturated rings. The number of rotatable bonds is 11. The van der Waals surface area contributed by atoms with E-state index in [0.717, 1.165) is 0 Å². The van der Waals surface area contributed by atoms with Gasteiger partial charge in [-0.15, -0.1) is 0 Å². The summed E-state index contributed by atoms with van der Waals surface area (Å²) in [6.07, 6.45) is 0.440. The van der Waals surface area contributed by atoms with Crippen molar-refractivity contribution in [1.82, 2.24) is 5.32 Å². The zero-order valence-corrected chi connectivity index (χ0v) is 15.9.